The van der Waals surface area contributed by atoms with Gasteiger partial charge in [-0.05, 0) is 12.8 Å². The van der Waals surface area contributed by atoms with Gasteiger partial charge < -0.3 is 14.1 Å². The average molecular weight is 417 g/mol. The van der Waals surface area contributed by atoms with Crippen LogP contribution in [0.3, 0.4) is 0 Å². The first kappa shape index (κ1) is 27.2. The molecular weight excluding hydrogens is 373 g/mol. The molecule has 5 nitrogen and oxygen atoms in total. The first-order valence-corrected chi connectivity index (χ1v) is 12.3. The van der Waals surface area contributed by atoms with Crippen LogP contribution in [0.25, 0.3) is 0 Å². The lowest BCUT2D eigenvalue weighted by molar-refractivity contribution is -0.861. The Hall–Kier alpha value is -0.770. The number of esters is 1. The van der Waals surface area contributed by atoms with Crippen molar-refractivity contribution in [2.24, 2.45) is 0 Å². The van der Waals surface area contributed by atoms with Crippen molar-refractivity contribution in [2.75, 3.05) is 33.8 Å². The van der Waals surface area contributed by atoms with Gasteiger partial charge in [0.05, 0.1) is 21.1 Å². The van der Waals surface area contributed by atoms with E-state index in [1.807, 2.05) is 21.1 Å². The molecule has 0 aromatic heterocycles. The van der Waals surface area contributed by atoms with Crippen molar-refractivity contribution < 1.29 is 23.7 Å². The quantitative estimate of drug-likeness (QED) is 0.112. The number of hydrogen-bond acceptors (Lipinski definition) is 4. The molecule has 28 heavy (non-hydrogen) atoms. The highest BCUT2D eigenvalue weighted by Crippen LogP contribution is 2.34. The molecule has 0 saturated carbocycles. The predicted molar refractivity (Wildman–Crippen MR) is 118 cm³/mol. The number of quaternary nitrogens is 1. The smallest absolute Gasteiger partial charge is 0.330 e. The topological polar surface area (TPSA) is 63.6 Å². The molecule has 0 aliphatic heterocycles. The zero-order chi connectivity index (χ0) is 21.4. The van der Waals surface area contributed by atoms with Gasteiger partial charge in [0.15, 0.2) is 0 Å². The number of carbonyl (C=O) groups excluding carboxylic acids is 2. The monoisotopic (exact) mass is 416 g/mol. The van der Waals surface area contributed by atoms with Gasteiger partial charge >= 0.3 is 5.97 Å². The van der Waals surface area contributed by atoms with Crippen molar-refractivity contribution >= 4 is 19.6 Å². The van der Waals surface area contributed by atoms with Crippen molar-refractivity contribution in [3.8, 4) is 0 Å². The maximum absolute atomic E-state index is 12.2. The second kappa shape index (κ2) is 16.1. The Morgan fingerprint density at radius 2 is 1.50 bits per heavy atom. The molecule has 2 unspecified atom stereocenters. The highest BCUT2D eigenvalue weighted by atomic mass is 31.1. The SMILES string of the molecule is C=CC(=O)OC(CCCCCCCCCCCC)CP(O)C(=O)C[N+](C)(C)C. The Morgan fingerprint density at radius 3 is 1.96 bits per heavy atom. The summed E-state index contributed by atoms with van der Waals surface area (Å²) in [6.07, 6.45) is 14.0. The minimum atomic E-state index is -1.78. The number of unbranched alkanes of at least 4 members (excludes halogenated alkanes) is 9. The number of hydrogen-bond donors (Lipinski definition) is 1. The third-order valence-electron chi connectivity index (χ3n) is 4.60. The van der Waals surface area contributed by atoms with Crippen molar-refractivity contribution in [2.45, 2.75) is 83.7 Å². The molecule has 0 radical (unpaired) electrons. The number of nitrogens with zero attached hydrogens (tertiary/aromatic N) is 1. The number of carbonyl (C=O) groups is 2. The van der Waals surface area contributed by atoms with Gasteiger partial charge in [-0.2, -0.15) is 0 Å². The highest BCUT2D eigenvalue weighted by Gasteiger charge is 2.26. The Labute approximate surface area is 174 Å². The molecule has 1 N–H and O–H groups in total. The van der Waals surface area contributed by atoms with Crippen molar-refractivity contribution in [3.05, 3.63) is 12.7 Å². The summed E-state index contributed by atoms with van der Waals surface area (Å²) in [6, 6.07) is 0. The molecule has 0 aliphatic rings. The maximum Gasteiger partial charge on any atom is 0.330 e. The van der Waals surface area contributed by atoms with E-state index in [1.165, 1.54) is 51.4 Å². The van der Waals surface area contributed by atoms with Crippen LogP contribution in [-0.4, -0.2) is 60.8 Å². The van der Waals surface area contributed by atoms with Crippen LogP contribution in [-0.2, 0) is 14.3 Å². The first-order chi connectivity index (χ1) is 13.2. The Bertz CT molecular complexity index is 448. The lowest BCUT2D eigenvalue weighted by atomic mass is 10.0. The van der Waals surface area contributed by atoms with E-state index in [1.54, 1.807) is 0 Å². The molecule has 164 valence electrons. The fraction of sp³-hybridized carbons (Fsp3) is 0.818. The van der Waals surface area contributed by atoms with Crippen LogP contribution in [0, 0.1) is 0 Å². The minimum absolute atomic E-state index is 0.148. The summed E-state index contributed by atoms with van der Waals surface area (Å²) in [7, 11) is 3.97. The summed E-state index contributed by atoms with van der Waals surface area (Å²) in [4.78, 5) is 34.1. The second-order valence-electron chi connectivity index (χ2n) is 8.66. The van der Waals surface area contributed by atoms with Crippen LogP contribution >= 0.6 is 8.15 Å². The summed E-state index contributed by atoms with van der Waals surface area (Å²) >= 11 is 0. The predicted octanol–water partition coefficient (Wildman–Crippen LogP) is 5.02. The molecular formula is C22H43NO4P+. The second-order valence-corrected chi connectivity index (χ2v) is 10.3. The first-order valence-electron chi connectivity index (χ1n) is 10.8. The summed E-state index contributed by atoms with van der Waals surface area (Å²) in [6.45, 7) is 5.95. The maximum atomic E-state index is 12.2. The molecule has 0 saturated heterocycles. The van der Waals surface area contributed by atoms with Crippen LogP contribution in [0.15, 0.2) is 12.7 Å². The van der Waals surface area contributed by atoms with E-state index in [4.69, 9.17) is 4.74 Å². The van der Waals surface area contributed by atoms with Crippen molar-refractivity contribution in [1.82, 2.24) is 0 Å². The van der Waals surface area contributed by atoms with Crippen LogP contribution < -0.4 is 0 Å². The zero-order valence-electron chi connectivity index (χ0n) is 18.6. The summed E-state index contributed by atoms with van der Waals surface area (Å²) in [5, 5.41) is 0. The number of likely N-dealkylation sites (N-methyl/N-ethyl adjacent to an activating group) is 1. The van der Waals surface area contributed by atoms with Crippen molar-refractivity contribution in [3.63, 3.8) is 0 Å². The van der Waals surface area contributed by atoms with Gasteiger partial charge in [0.25, 0.3) is 0 Å². The highest BCUT2D eigenvalue weighted by molar-refractivity contribution is 7.69. The molecule has 0 aliphatic carbocycles. The molecule has 0 aromatic rings. The lowest BCUT2D eigenvalue weighted by Gasteiger charge is -2.25. The van der Waals surface area contributed by atoms with E-state index in [-0.39, 0.29) is 18.2 Å². The molecule has 0 spiro atoms. The van der Waals surface area contributed by atoms with Crippen LogP contribution in [0.4, 0.5) is 0 Å². The van der Waals surface area contributed by atoms with Gasteiger partial charge in [-0.1, -0.05) is 71.3 Å². The van der Waals surface area contributed by atoms with Crippen molar-refractivity contribution in [1.29, 1.82) is 0 Å². The molecule has 0 amide bonds. The van der Waals surface area contributed by atoms with E-state index >= 15 is 0 Å². The van der Waals surface area contributed by atoms with E-state index in [0.717, 1.165) is 18.9 Å². The third-order valence-corrected chi connectivity index (χ3v) is 6.07. The summed E-state index contributed by atoms with van der Waals surface area (Å²) in [5.41, 5.74) is -0.148. The van der Waals surface area contributed by atoms with Gasteiger partial charge in [0.2, 0.25) is 5.52 Å². The van der Waals surface area contributed by atoms with E-state index in [2.05, 4.69) is 13.5 Å². The number of ether oxygens (including phenoxy) is 1. The molecule has 0 bridgehead atoms. The van der Waals surface area contributed by atoms with Crippen LogP contribution in [0.2, 0.25) is 0 Å². The molecule has 0 heterocycles. The third kappa shape index (κ3) is 16.2. The largest absolute Gasteiger partial charge is 0.459 e. The van der Waals surface area contributed by atoms with Gasteiger partial charge in [-0.15, -0.1) is 0 Å². The van der Waals surface area contributed by atoms with Crippen LogP contribution in [0.1, 0.15) is 77.6 Å². The van der Waals surface area contributed by atoms with Crippen LogP contribution in [0.5, 0.6) is 0 Å². The molecule has 0 aromatic carbocycles. The molecule has 0 fully saturated rings. The fourth-order valence-electron chi connectivity index (χ4n) is 3.04. The van der Waals surface area contributed by atoms with Gasteiger partial charge in [-0.25, -0.2) is 4.79 Å². The molecule has 0 rings (SSSR count). The summed E-state index contributed by atoms with van der Waals surface area (Å²) < 4.78 is 5.86. The van der Waals surface area contributed by atoms with Gasteiger partial charge in [0.1, 0.15) is 20.8 Å². The number of rotatable bonds is 18. The Balaban J connectivity index is 4.17. The van der Waals surface area contributed by atoms with E-state index < -0.39 is 20.2 Å². The molecule has 2 atom stereocenters. The van der Waals surface area contributed by atoms with Gasteiger partial charge in [-0.3, -0.25) is 4.79 Å². The standard InChI is InChI=1S/C22H43NO4P/c1-6-8-9-10-11-12-13-14-15-16-17-20(27-21(24)7-2)19-28(26)22(25)18-23(3,4)5/h7,20,26H,2,6,8-19H2,1,3-5H3/q+1. The Kier molecular flexibility index (Phi) is 15.6. The Morgan fingerprint density at radius 1 is 1.00 bits per heavy atom. The van der Waals surface area contributed by atoms with E-state index in [9.17, 15) is 14.5 Å². The molecule has 6 heteroatoms. The fourth-order valence-corrected chi connectivity index (χ4v) is 4.48. The summed E-state index contributed by atoms with van der Waals surface area (Å²) in [5.74, 6) is -0.487. The normalized spacial score (nSPS) is 13.8. The zero-order valence-corrected chi connectivity index (χ0v) is 19.5. The average Bonchev–Trinajstić information content (AvgIpc) is 2.61. The lowest BCUT2D eigenvalue weighted by Crippen LogP contribution is -2.39. The van der Waals surface area contributed by atoms with Gasteiger partial charge in [0, 0.05) is 12.2 Å². The van der Waals surface area contributed by atoms with E-state index in [0.29, 0.717) is 10.9 Å². The minimum Gasteiger partial charge on any atom is -0.459 e.